The van der Waals surface area contributed by atoms with Gasteiger partial charge in [-0.15, -0.1) is 0 Å². The first-order valence-electron chi connectivity index (χ1n) is 6.06. The number of nitrogens with zero attached hydrogens (tertiary/aromatic N) is 1. The molecular formula is C16H10ClNO2. The van der Waals surface area contributed by atoms with Crippen LogP contribution in [0.2, 0.25) is 5.02 Å². The molecule has 2 aromatic carbocycles. The lowest BCUT2D eigenvalue weighted by atomic mass is 10.1. The van der Waals surface area contributed by atoms with Crippen molar-refractivity contribution in [2.75, 3.05) is 0 Å². The molecule has 0 unspecified atom stereocenters. The van der Waals surface area contributed by atoms with Crippen molar-refractivity contribution in [1.82, 2.24) is 4.98 Å². The van der Waals surface area contributed by atoms with Gasteiger partial charge in [-0.1, -0.05) is 41.9 Å². The van der Waals surface area contributed by atoms with Crippen molar-refractivity contribution in [2.45, 2.75) is 0 Å². The Hall–Kier alpha value is -2.39. The van der Waals surface area contributed by atoms with Gasteiger partial charge in [-0.25, -0.2) is 9.78 Å². The number of pyridine rings is 1. The molecule has 0 bridgehead atoms. The van der Waals surface area contributed by atoms with Crippen LogP contribution in [-0.2, 0) is 0 Å². The Morgan fingerprint density at radius 2 is 1.70 bits per heavy atom. The minimum Gasteiger partial charge on any atom is -0.421 e. The lowest BCUT2D eigenvalue weighted by molar-refractivity contribution is 0.0731. The van der Waals surface area contributed by atoms with Crippen molar-refractivity contribution in [3.8, 4) is 5.75 Å². The molecule has 1 aromatic heterocycles. The topological polar surface area (TPSA) is 39.2 Å². The molecule has 0 saturated heterocycles. The zero-order valence-corrected chi connectivity index (χ0v) is 11.2. The molecule has 4 heteroatoms. The second-order valence-corrected chi connectivity index (χ2v) is 4.60. The van der Waals surface area contributed by atoms with Gasteiger partial charge < -0.3 is 4.74 Å². The van der Waals surface area contributed by atoms with Crippen molar-refractivity contribution in [3.63, 3.8) is 0 Å². The molecule has 0 atom stereocenters. The van der Waals surface area contributed by atoms with Crippen LogP contribution in [0.15, 0.2) is 60.8 Å². The molecule has 0 aliphatic heterocycles. The zero-order chi connectivity index (χ0) is 13.9. The number of aromatic nitrogens is 1. The molecule has 0 radical (unpaired) electrons. The Balaban J connectivity index is 2.00. The first-order chi connectivity index (χ1) is 9.75. The summed E-state index contributed by atoms with van der Waals surface area (Å²) in [5, 5.41) is 2.27. The summed E-state index contributed by atoms with van der Waals surface area (Å²) in [5.41, 5.74) is 0.270. The Morgan fingerprint density at radius 3 is 2.45 bits per heavy atom. The SMILES string of the molecule is O=C(Oc1ccc(Cl)c2ccccc12)c1ccccn1. The third kappa shape index (κ3) is 2.36. The summed E-state index contributed by atoms with van der Waals surface area (Å²) in [5.74, 6) is -0.0151. The molecule has 1 heterocycles. The molecular weight excluding hydrogens is 274 g/mol. The van der Waals surface area contributed by atoms with Crippen LogP contribution in [0.3, 0.4) is 0 Å². The molecule has 0 N–H and O–H groups in total. The Kier molecular flexibility index (Phi) is 3.35. The smallest absolute Gasteiger partial charge is 0.362 e. The van der Waals surface area contributed by atoms with E-state index in [0.717, 1.165) is 10.8 Å². The maximum absolute atomic E-state index is 12.0. The van der Waals surface area contributed by atoms with Crippen LogP contribution in [0.25, 0.3) is 10.8 Å². The number of carbonyl (C=O) groups is 1. The van der Waals surface area contributed by atoms with Gasteiger partial charge >= 0.3 is 5.97 Å². The highest BCUT2D eigenvalue weighted by Gasteiger charge is 2.12. The van der Waals surface area contributed by atoms with Crippen LogP contribution < -0.4 is 4.74 Å². The Bertz CT molecular complexity index is 772. The second kappa shape index (κ2) is 5.31. The van der Waals surface area contributed by atoms with Gasteiger partial charge in [-0.2, -0.15) is 0 Å². The van der Waals surface area contributed by atoms with Crippen LogP contribution in [-0.4, -0.2) is 11.0 Å². The minimum atomic E-state index is -0.488. The lowest BCUT2D eigenvalue weighted by Crippen LogP contribution is -2.10. The van der Waals surface area contributed by atoms with Crippen LogP contribution in [0.5, 0.6) is 5.75 Å². The predicted octanol–water partition coefficient (Wildman–Crippen LogP) is 4.11. The molecule has 3 aromatic rings. The van der Waals surface area contributed by atoms with E-state index in [9.17, 15) is 4.79 Å². The van der Waals surface area contributed by atoms with Gasteiger partial charge in [0.25, 0.3) is 0 Å². The summed E-state index contributed by atoms with van der Waals surface area (Å²) in [7, 11) is 0. The minimum absolute atomic E-state index is 0.270. The summed E-state index contributed by atoms with van der Waals surface area (Å²) >= 11 is 6.13. The summed E-state index contributed by atoms with van der Waals surface area (Å²) < 4.78 is 5.41. The largest absolute Gasteiger partial charge is 0.421 e. The quantitative estimate of drug-likeness (QED) is 0.525. The standard InChI is InChI=1S/C16H10ClNO2/c17-13-8-9-15(12-6-2-1-5-11(12)13)20-16(19)14-7-3-4-10-18-14/h1-10H. The lowest BCUT2D eigenvalue weighted by Gasteiger charge is -2.08. The number of carbonyl (C=O) groups excluding carboxylic acids is 1. The number of ether oxygens (including phenoxy) is 1. The average molecular weight is 284 g/mol. The fraction of sp³-hybridized carbons (Fsp3) is 0. The summed E-state index contributed by atoms with van der Waals surface area (Å²) in [4.78, 5) is 16.0. The van der Waals surface area contributed by atoms with E-state index in [1.54, 1.807) is 36.5 Å². The number of hydrogen-bond donors (Lipinski definition) is 0. The van der Waals surface area contributed by atoms with Crippen molar-refractivity contribution >= 4 is 28.3 Å². The molecule has 0 aliphatic carbocycles. The predicted molar refractivity (Wildman–Crippen MR) is 78.2 cm³/mol. The average Bonchev–Trinajstić information content (AvgIpc) is 2.51. The van der Waals surface area contributed by atoms with Gasteiger partial charge in [-0.05, 0) is 24.3 Å². The van der Waals surface area contributed by atoms with Crippen LogP contribution >= 0.6 is 11.6 Å². The van der Waals surface area contributed by atoms with E-state index in [1.807, 2.05) is 24.3 Å². The van der Waals surface area contributed by atoms with Gasteiger partial charge in [0.2, 0.25) is 0 Å². The highest BCUT2D eigenvalue weighted by atomic mass is 35.5. The molecule has 98 valence electrons. The number of benzene rings is 2. The molecule has 0 aliphatic rings. The molecule has 20 heavy (non-hydrogen) atoms. The van der Waals surface area contributed by atoms with E-state index >= 15 is 0 Å². The number of fused-ring (bicyclic) bond motifs is 1. The molecule has 3 rings (SSSR count). The molecule has 0 saturated carbocycles. The monoisotopic (exact) mass is 283 g/mol. The fourth-order valence-corrected chi connectivity index (χ4v) is 2.19. The Morgan fingerprint density at radius 1 is 0.950 bits per heavy atom. The molecule has 0 amide bonds. The van der Waals surface area contributed by atoms with Crippen molar-refractivity contribution in [2.24, 2.45) is 0 Å². The van der Waals surface area contributed by atoms with Crippen molar-refractivity contribution in [3.05, 3.63) is 71.5 Å². The molecule has 0 fully saturated rings. The molecule has 0 spiro atoms. The number of hydrogen-bond acceptors (Lipinski definition) is 3. The number of halogens is 1. The second-order valence-electron chi connectivity index (χ2n) is 4.20. The summed E-state index contributed by atoms with van der Waals surface area (Å²) in [6, 6.07) is 16.0. The highest BCUT2D eigenvalue weighted by molar-refractivity contribution is 6.35. The first kappa shape index (κ1) is 12.6. The van der Waals surface area contributed by atoms with Gasteiger partial charge in [0.1, 0.15) is 11.4 Å². The van der Waals surface area contributed by atoms with Gasteiger partial charge in [-0.3, -0.25) is 0 Å². The van der Waals surface area contributed by atoms with Crippen LogP contribution in [0.1, 0.15) is 10.5 Å². The van der Waals surface area contributed by atoms with E-state index in [2.05, 4.69) is 4.98 Å². The maximum Gasteiger partial charge on any atom is 0.362 e. The van der Waals surface area contributed by atoms with E-state index in [4.69, 9.17) is 16.3 Å². The van der Waals surface area contributed by atoms with Gasteiger partial charge in [0.15, 0.2) is 0 Å². The van der Waals surface area contributed by atoms with Gasteiger partial charge in [0.05, 0.1) is 0 Å². The van der Waals surface area contributed by atoms with Crippen molar-refractivity contribution in [1.29, 1.82) is 0 Å². The van der Waals surface area contributed by atoms with E-state index in [1.165, 1.54) is 0 Å². The van der Waals surface area contributed by atoms with E-state index in [0.29, 0.717) is 10.8 Å². The van der Waals surface area contributed by atoms with Gasteiger partial charge in [0, 0.05) is 22.0 Å². The number of rotatable bonds is 2. The van der Waals surface area contributed by atoms with Crippen LogP contribution in [0, 0.1) is 0 Å². The zero-order valence-electron chi connectivity index (χ0n) is 10.4. The van der Waals surface area contributed by atoms with Crippen LogP contribution in [0.4, 0.5) is 0 Å². The number of esters is 1. The maximum atomic E-state index is 12.0. The third-order valence-corrected chi connectivity index (χ3v) is 3.24. The summed E-state index contributed by atoms with van der Waals surface area (Å²) in [6.45, 7) is 0. The van der Waals surface area contributed by atoms with E-state index < -0.39 is 5.97 Å². The fourth-order valence-electron chi connectivity index (χ4n) is 1.96. The highest BCUT2D eigenvalue weighted by Crippen LogP contribution is 2.31. The Labute approximate surface area is 120 Å². The third-order valence-electron chi connectivity index (χ3n) is 2.91. The van der Waals surface area contributed by atoms with E-state index in [-0.39, 0.29) is 5.69 Å². The summed E-state index contributed by atoms with van der Waals surface area (Å²) in [6.07, 6.45) is 1.55. The molecule has 3 nitrogen and oxygen atoms in total. The van der Waals surface area contributed by atoms with Crippen molar-refractivity contribution < 1.29 is 9.53 Å². The first-order valence-corrected chi connectivity index (χ1v) is 6.44. The normalized spacial score (nSPS) is 10.4.